The SMILES string of the molecule is CCOC(=O)/C=C/C(=O)Nc1ccc(S(=O)(=O)N2CCOCC2)cc1. The maximum Gasteiger partial charge on any atom is 0.330 e. The van der Waals surface area contributed by atoms with E-state index in [1.807, 2.05) is 0 Å². The zero-order valence-corrected chi connectivity index (χ0v) is 14.6. The van der Waals surface area contributed by atoms with Gasteiger partial charge in [-0.2, -0.15) is 4.31 Å². The van der Waals surface area contributed by atoms with Gasteiger partial charge in [-0.25, -0.2) is 13.2 Å². The summed E-state index contributed by atoms with van der Waals surface area (Å²) in [6.45, 7) is 3.28. The van der Waals surface area contributed by atoms with Crippen LogP contribution in [-0.2, 0) is 29.1 Å². The molecular formula is C16H20N2O6S. The lowest BCUT2D eigenvalue weighted by molar-refractivity contribution is -0.137. The number of hydrogen-bond donors (Lipinski definition) is 1. The second kappa shape index (κ2) is 8.75. The summed E-state index contributed by atoms with van der Waals surface area (Å²) in [6, 6.07) is 5.83. The molecule has 0 aliphatic carbocycles. The molecule has 8 nitrogen and oxygen atoms in total. The van der Waals surface area contributed by atoms with Crippen molar-refractivity contribution in [2.24, 2.45) is 0 Å². The second-order valence-corrected chi connectivity index (χ2v) is 7.05. The summed E-state index contributed by atoms with van der Waals surface area (Å²) in [6.07, 6.45) is 2.08. The van der Waals surface area contributed by atoms with Crippen LogP contribution in [0.4, 0.5) is 5.69 Å². The Kier molecular flexibility index (Phi) is 6.68. The molecule has 1 aliphatic rings. The van der Waals surface area contributed by atoms with E-state index in [0.29, 0.717) is 32.0 Å². The molecule has 0 atom stereocenters. The molecule has 1 aromatic carbocycles. The maximum absolute atomic E-state index is 12.5. The molecule has 0 unspecified atom stereocenters. The second-order valence-electron chi connectivity index (χ2n) is 5.12. The minimum absolute atomic E-state index is 0.148. The van der Waals surface area contributed by atoms with Crippen molar-refractivity contribution in [1.82, 2.24) is 4.31 Å². The van der Waals surface area contributed by atoms with Crippen molar-refractivity contribution in [3.05, 3.63) is 36.4 Å². The zero-order chi connectivity index (χ0) is 18.3. The molecule has 25 heavy (non-hydrogen) atoms. The fourth-order valence-electron chi connectivity index (χ4n) is 2.16. The lowest BCUT2D eigenvalue weighted by Gasteiger charge is -2.26. The Morgan fingerprint density at radius 2 is 1.84 bits per heavy atom. The molecule has 9 heteroatoms. The molecule has 0 saturated carbocycles. The van der Waals surface area contributed by atoms with Crippen molar-refractivity contribution in [2.75, 3.05) is 38.2 Å². The number of carbonyl (C=O) groups is 2. The highest BCUT2D eigenvalue weighted by Gasteiger charge is 2.26. The van der Waals surface area contributed by atoms with Crippen LogP contribution >= 0.6 is 0 Å². The summed E-state index contributed by atoms with van der Waals surface area (Å²) in [4.78, 5) is 23.0. The Morgan fingerprint density at radius 1 is 1.20 bits per heavy atom. The molecule has 0 bridgehead atoms. The number of benzene rings is 1. The highest BCUT2D eigenvalue weighted by atomic mass is 32.2. The summed E-state index contributed by atoms with van der Waals surface area (Å²) < 4.78 is 36.2. The van der Waals surface area contributed by atoms with Crippen molar-refractivity contribution in [2.45, 2.75) is 11.8 Å². The first kappa shape index (κ1) is 19.1. The monoisotopic (exact) mass is 368 g/mol. The maximum atomic E-state index is 12.5. The van der Waals surface area contributed by atoms with E-state index < -0.39 is 21.9 Å². The van der Waals surface area contributed by atoms with Crippen LogP contribution < -0.4 is 5.32 Å². The van der Waals surface area contributed by atoms with Crippen molar-refractivity contribution >= 4 is 27.6 Å². The molecule has 136 valence electrons. The van der Waals surface area contributed by atoms with Crippen LogP contribution in [0.25, 0.3) is 0 Å². The van der Waals surface area contributed by atoms with Gasteiger partial charge >= 0.3 is 5.97 Å². The molecule has 1 amide bonds. The molecule has 1 fully saturated rings. The normalized spacial score (nSPS) is 15.9. The number of hydrogen-bond acceptors (Lipinski definition) is 6. The topological polar surface area (TPSA) is 102 Å². The first-order valence-corrected chi connectivity index (χ1v) is 9.21. The van der Waals surface area contributed by atoms with Gasteiger partial charge in [-0.3, -0.25) is 4.79 Å². The smallest absolute Gasteiger partial charge is 0.330 e. The first-order chi connectivity index (χ1) is 11.9. The van der Waals surface area contributed by atoms with Crippen LogP contribution in [0.15, 0.2) is 41.3 Å². The minimum Gasteiger partial charge on any atom is -0.463 e. The lowest BCUT2D eigenvalue weighted by Crippen LogP contribution is -2.40. The average molecular weight is 368 g/mol. The van der Waals surface area contributed by atoms with E-state index >= 15 is 0 Å². The number of morpholine rings is 1. The van der Waals surface area contributed by atoms with E-state index in [2.05, 4.69) is 10.1 Å². The molecule has 0 radical (unpaired) electrons. The minimum atomic E-state index is -3.57. The summed E-state index contributed by atoms with van der Waals surface area (Å²) in [5.41, 5.74) is 0.416. The molecule has 0 aromatic heterocycles. The van der Waals surface area contributed by atoms with Crippen LogP contribution in [0, 0.1) is 0 Å². The van der Waals surface area contributed by atoms with Crippen molar-refractivity contribution in [3.8, 4) is 0 Å². The Balaban J connectivity index is 1.99. The van der Waals surface area contributed by atoms with Crippen LogP contribution in [0.2, 0.25) is 0 Å². The summed E-state index contributed by atoms with van der Waals surface area (Å²) in [5, 5.41) is 2.54. The van der Waals surface area contributed by atoms with Crippen molar-refractivity contribution in [3.63, 3.8) is 0 Å². The predicted molar refractivity (Wildman–Crippen MR) is 90.4 cm³/mol. The number of esters is 1. The van der Waals surface area contributed by atoms with Gasteiger partial charge in [0.05, 0.1) is 24.7 Å². The standard InChI is InChI=1S/C16H20N2O6S/c1-2-24-16(20)8-7-15(19)17-13-3-5-14(6-4-13)25(21,22)18-9-11-23-12-10-18/h3-8H,2,9-12H2,1H3,(H,17,19)/b8-7+. The molecule has 0 spiro atoms. The number of sulfonamides is 1. The zero-order valence-electron chi connectivity index (χ0n) is 13.8. The van der Waals surface area contributed by atoms with Gasteiger partial charge in [-0.05, 0) is 31.2 Å². The highest BCUT2D eigenvalue weighted by molar-refractivity contribution is 7.89. The van der Waals surface area contributed by atoms with Crippen molar-refractivity contribution in [1.29, 1.82) is 0 Å². The van der Waals surface area contributed by atoms with E-state index in [4.69, 9.17) is 4.74 Å². The number of anilines is 1. The Morgan fingerprint density at radius 3 is 2.44 bits per heavy atom. The van der Waals surface area contributed by atoms with E-state index in [0.717, 1.165) is 12.2 Å². The van der Waals surface area contributed by atoms with Crippen molar-refractivity contribution < 1.29 is 27.5 Å². The number of carbonyl (C=O) groups excluding carboxylic acids is 2. The largest absolute Gasteiger partial charge is 0.463 e. The van der Waals surface area contributed by atoms with Gasteiger partial charge in [-0.1, -0.05) is 0 Å². The molecular weight excluding hydrogens is 348 g/mol. The van der Waals surface area contributed by atoms with E-state index in [9.17, 15) is 18.0 Å². The first-order valence-electron chi connectivity index (χ1n) is 7.77. The Bertz CT molecular complexity index is 736. The quantitative estimate of drug-likeness (QED) is 0.588. The van der Waals surface area contributed by atoms with E-state index in [-0.39, 0.29) is 11.5 Å². The van der Waals surface area contributed by atoms with Crippen LogP contribution in [0.5, 0.6) is 0 Å². The molecule has 1 aromatic rings. The van der Waals surface area contributed by atoms with Gasteiger partial charge < -0.3 is 14.8 Å². The van der Waals surface area contributed by atoms with Crippen LogP contribution in [0.1, 0.15) is 6.92 Å². The number of nitrogens with one attached hydrogen (secondary N) is 1. The Labute approximate surface area is 146 Å². The summed E-state index contributed by atoms with van der Waals surface area (Å²) in [5.74, 6) is -1.12. The lowest BCUT2D eigenvalue weighted by atomic mass is 10.3. The summed E-state index contributed by atoms with van der Waals surface area (Å²) in [7, 11) is -3.57. The van der Waals surface area contributed by atoms with Crippen LogP contribution in [0.3, 0.4) is 0 Å². The average Bonchev–Trinajstić information content (AvgIpc) is 2.61. The van der Waals surface area contributed by atoms with Gasteiger partial charge in [0.15, 0.2) is 0 Å². The predicted octanol–water partition coefficient (Wildman–Crippen LogP) is 0.765. The molecule has 1 N–H and O–H groups in total. The van der Waals surface area contributed by atoms with Gasteiger partial charge in [0.25, 0.3) is 0 Å². The number of nitrogens with zero attached hydrogens (tertiary/aromatic N) is 1. The highest BCUT2D eigenvalue weighted by Crippen LogP contribution is 2.19. The van der Waals surface area contributed by atoms with Crippen LogP contribution in [-0.4, -0.2) is 57.5 Å². The summed E-state index contributed by atoms with van der Waals surface area (Å²) >= 11 is 0. The van der Waals surface area contributed by atoms with Gasteiger partial charge in [0, 0.05) is 30.9 Å². The molecule has 1 saturated heterocycles. The molecule has 1 aliphatic heterocycles. The third-order valence-corrected chi connectivity index (χ3v) is 5.30. The number of ether oxygens (including phenoxy) is 2. The van der Waals surface area contributed by atoms with E-state index in [1.165, 1.54) is 28.6 Å². The molecule has 2 rings (SSSR count). The van der Waals surface area contributed by atoms with Gasteiger partial charge in [0.2, 0.25) is 15.9 Å². The molecule has 1 heterocycles. The number of rotatable bonds is 6. The fourth-order valence-corrected chi connectivity index (χ4v) is 3.57. The van der Waals surface area contributed by atoms with Gasteiger partial charge in [-0.15, -0.1) is 0 Å². The number of amides is 1. The third-order valence-electron chi connectivity index (χ3n) is 3.39. The van der Waals surface area contributed by atoms with E-state index in [1.54, 1.807) is 6.92 Å². The third kappa shape index (κ3) is 5.38. The van der Waals surface area contributed by atoms with Gasteiger partial charge in [0.1, 0.15) is 0 Å². The fraction of sp³-hybridized carbons (Fsp3) is 0.375. The Hall–Kier alpha value is -2.23.